The summed E-state index contributed by atoms with van der Waals surface area (Å²) in [6.07, 6.45) is 6.12. The van der Waals surface area contributed by atoms with E-state index in [9.17, 15) is 0 Å². The molecule has 1 saturated heterocycles. The molecular weight excluding hydrogens is 302 g/mol. The molecule has 0 saturated carbocycles. The highest BCUT2D eigenvalue weighted by Gasteiger charge is 2.34. The molecule has 1 unspecified atom stereocenters. The summed E-state index contributed by atoms with van der Waals surface area (Å²) in [5.41, 5.74) is 2.17. The van der Waals surface area contributed by atoms with Crippen LogP contribution in [-0.2, 0) is 23.8 Å². The first kappa shape index (κ1) is 17.0. The van der Waals surface area contributed by atoms with E-state index in [0.29, 0.717) is 0 Å². The van der Waals surface area contributed by atoms with Crippen molar-refractivity contribution >= 4 is 0 Å². The number of nitrogens with zero attached hydrogens (tertiary/aromatic N) is 3. The van der Waals surface area contributed by atoms with E-state index >= 15 is 0 Å². The highest BCUT2D eigenvalue weighted by atomic mass is 16.5. The quantitative estimate of drug-likeness (QED) is 0.817. The third-order valence-electron chi connectivity index (χ3n) is 4.78. The van der Waals surface area contributed by atoms with E-state index in [1.807, 2.05) is 30.1 Å². The third-order valence-corrected chi connectivity index (χ3v) is 4.78. The van der Waals surface area contributed by atoms with Crippen molar-refractivity contribution in [1.82, 2.24) is 14.7 Å². The molecule has 0 amide bonds. The predicted molar refractivity (Wildman–Crippen MR) is 94.3 cm³/mol. The van der Waals surface area contributed by atoms with Crippen molar-refractivity contribution in [3.05, 3.63) is 47.8 Å². The van der Waals surface area contributed by atoms with Crippen LogP contribution in [0.25, 0.3) is 0 Å². The molecule has 130 valence electrons. The lowest BCUT2D eigenvalue weighted by Crippen LogP contribution is -2.48. The van der Waals surface area contributed by atoms with E-state index in [0.717, 1.165) is 50.4 Å². The highest BCUT2D eigenvalue weighted by Crippen LogP contribution is 2.29. The number of hydrogen-bond donors (Lipinski definition) is 0. The van der Waals surface area contributed by atoms with E-state index in [-0.39, 0.29) is 5.60 Å². The lowest BCUT2D eigenvalue weighted by Gasteiger charge is -2.40. The normalized spacial score (nSPS) is 21.8. The van der Waals surface area contributed by atoms with Gasteiger partial charge in [0.15, 0.2) is 0 Å². The second kappa shape index (κ2) is 7.36. The molecule has 1 aliphatic heterocycles. The molecule has 0 radical (unpaired) electrons. The molecule has 0 spiro atoms. The van der Waals surface area contributed by atoms with Crippen molar-refractivity contribution in [2.24, 2.45) is 7.05 Å². The second-order valence-electron chi connectivity index (χ2n) is 6.67. The minimum absolute atomic E-state index is 0.267. The number of para-hydroxylation sites is 1. The molecule has 2 heterocycles. The predicted octanol–water partition coefficient (Wildman–Crippen LogP) is 2.61. The number of methoxy groups -OCH3 is 1. The van der Waals surface area contributed by atoms with E-state index in [2.05, 4.69) is 35.3 Å². The van der Waals surface area contributed by atoms with Gasteiger partial charge in [-0.2, -0.15) is 5.10 Å². The van der Waals surface area contributed by atoms with Gasteiger partial charge in [-0.1, -0.05) is 18.2 Å². The molecule has 1 fully saturated rings. The third kappa shape index (κ3) is 3.79. The van der Waals surface area contributed by atoms with Crippen LogP contribution in [0.4, 0.5) is 0 Å². The molecule has 5 heteroatoms. The Bertz CT molecular complexity index is 670. The van der Waals surface area contributed by atoms with Gasteiger partial charge in [0.1, 0.15) is 11.4 Å². The number of rotatable bonds is 6. The summed E-state index contributed by atoms with van der Waals surface area (Å²) in [5, 5.41) is 4.29. The summed E-state index contributed by atoms with van der Waals surface area (Å²) in [4.78, 5) is 2.49. The fraction of sp³-hybridized carbons (Fsp3) is 0.526. The molecule has 2 aromatic rings. The van der Waals surface area contributed by atoms with Gasteiger partial charge in [-0.15, -0.1) is 0 Å². The Labute approximate surface area is 144 Å². The molecule has 24 heavy (non-hydrogen) atoms. The number of aromatic nitrogens is 2. The first-order valence-corrected chi connectivity index (χ1v) is 8.58. The summed E-state index contributed by atoms with van der Waals surface area (Å²) in [6, 6.07) is 8.27. The highest BCUT2D eigenvalue weighted by molar-refractivity contribution is 5.33. The number of aryl methyl sites for hydroxylation is 2. The van der Waals surface area contributed by atoms with Crippen molar-refractivity contribution in [1.29, 1.82) is 0 Å². The van der Waals surface area contributed by atoms with Crippen LogP contribution in [0.1, 0.15) is 24.5 Å². The first-order valence-electron chi connectivity index (χ1n) is 8.58. The van der Waals surface area contributed by atoms with Gasteiger partial charge < -0.3 is 9.47 Å². The Morgan fingerprint density at radius 3 is 2.92 bits per heavy atom. The van der Waals surface area contributed by atoms with Gasteiger partial charge in [-0.25, -0.2) is 0 Å². The molecule has 1 aliphatic rings. The largest absolute Gasteiger partial charge is 0.496 e. The van der Waals surface area contributed by atoms with Crippen LogP contribution >= 0.6 is 0 Å². The zero-order valence-corrected chi connectivity index (χ0v) is 14.9. The Balaban J connectivity index is 1.56. The molecular formula is C19H27N3O2. The summed E-state index contributed by atoms with van der Waals surface area (Å²) < 4.78 is 13.4. The smallest absolute Gasteiger partial charge is 0.122 e. The number of morpholine rings is 1. The molecule has 0 aliphatic carbocycles. The van der Waals surface area contributed by atoms with E-state index in [1.54, 1.807) is 7.11 Å². The Morgan fingerprint density at radius 1 is 1.33 bits per heavy atom. The maximum atomic E-state index is 6.08. The van der Waals surface area contributed by atoms with Crippen LogP contribution in [-0.4, -0.2) is 48.0 Å². The van der Waals surface area contributed by atoms with Gasteiger partial charge in [0.25, 0.3) is 0 Å². The van der Waals surface area contributed by atoms with Crippen LogP contribution in [0.5, 0.6) is 5.75 Å². The summed E-state index contributed by atoms with van der Waals surface area (Å²) in [5.74, 6) is 0.986. The minimum atomic E-state index is -0.267. The van der Waals surface area contributed by atoms with E-state index in [1.165, 1.54) is 5.56 Å². The second-order valence-corrected chi connectivity index (χ2v) is 6.67. The fourth-order valence-corrected chi connectivity index (χ4v) is 3.41. The van der Waals surface area contributed by atoms with E-state index in [4.69, 9.17) is 9.47 Å². The number of benzene rings is 1. The van der Waals surface area contributed by atoms with Crippen molar-refractivity contribution in [3.63, 3.8) is 0 Å². The SMILES string of the molecule is COc1ccccc1CCCN1CCOC(C)(c2cnn(C)c2)C1. The zero-order chi connectivity index (χ0) is 17.0. The monoisotopic (exact) mass is 329 g/mol. The lowest BCUT2D eigenvalue weighted by atomic mass is 9.96. The van der Waals surface area contributed by atoms with Crippen molar-refractivity contribution in [2.75, 3.05) is 33.4 Å². The fourth-order valence-electron chi connectivity index (χ4n) is 3.41. The van der Waals surface area contributed by atoms with Gasteiger partial charge >= 0.3 is 0 Å². The van der Waals surface area contributed by atoms with Crippen LogP contribution in [0, 0.1) is 0 Å². The van der Waals surface area contributed by atoms with Crippen LogP contribution in [0.3, 0.4) is 0 Å². The standard InChI is InChI=1S/C19H27N3O2/c1-19(17-13-20-21(2)14-17)15-22(11-12-24-19)10-6-8-16-7-4-5-9-18(16)23-3/h4-5,7,9,13-14H,6,8,10-12,15H2,1-3H3. The van der Waals surface area contributed by atoms with Crippen LogP contribution in [0.2, 0.25) is 0 Å². The van der Waals surface area contributed by atoms with Crippen LogP contribution in [0.15, 0.2) is 36.7 Å². The summed E-state index contributed by atoms with van der Waals surface area (Å²) in [7, 11) is 3.68. The molecule has 1 atom stereocenters. The van der Waals surface area contributed by atoms with Gasteiger partial charge in [0.05, 0.1) is 19.9 Å². The first-order chi connectivity index (χ1) is 11.6. The Morgan fingerprint density at radius 2 is 2.17 bits per heavy atom. The van der Waals surface area contributed by atoms with Gasteiger partial charge in [-0.05, 0) is 37.9 Å². The average molecular weight is 329 g/mol. The van der Waals surface area contributed by atoms with Crippen molar-refractivity contribution in [3.8, 4) is 5.75 Å². The summed E-state index contributed by atoms with van der Waals surface area (Å²) in [6.45, 7) is 5.89. The molecule has 1 aromatic carbocycles. The van der Waals surface area contributed by atoms with Gasteiger partial charge in [0.2, 0.25) is 0 Å². The number of hydrogen-bond acceptors (Lipinski definition) is 4. The maximum Gasteiger partial charge on any atom is 0.122 e. The lowest BCUT2D eigenvalue weighted by molar-refractivity contribution is -0.103. The zero-order valence-electron chi connectivity index (χ0n) is 14.9. The molecule has 3 rings (SSSR count). The number of ether oxygens (including phenoxy) is 2. The van der Waals surface area contributed by atoms with Gasteiger partial charge in [-0.3, -0.25) is 9.58 Å². The van der Waals surface area contributed by atoms with Crippen molar-refractivity contribution in [2.45, 2.75) is 25.4 Å². The Hall–Kier alpha value is -1.85. The molecule has 1 aromatic heterocycles. The van der Waals surface area contributed by atoms with E-state index < -0.39 is 0 Å². The van der Waals surface area contributed by atoms with Crippen LogP contribution < -0.4 is 4.74 Å². The van der Waals surface area contributed by atoms with Crippen molar-refractivity contribution < 1.29 is 9.47 Å². The molecule has 0 bridgehead atoms. The Kier molecular flexibility index (Phi) is 5.21. The topological polar surface area (TPSA) is 39.5 Å². The molecule has 0 N–H and O–H groups in total. The van der Waals surface area contributed by atoms with Gasteiger partial charge in [0, 0.05) is 31.9 Å². The molecule has 5 nitrogen and oxygen atoms in total. The average Bonchev–Trinajstić information content (AvgIpc) is 3.03. The maximum absolute atomic E-state index is 6.08. The minimum Gasteiger partial charge on any atom is -0.496 e. The summed E-state index contributed by atoms with van der Waals surface area (Å²) >= 11 is 0.